The molecule has 1 aromatic heterocycles. The van der Waals surface area contributed by atoms with Gasteiger partial charge in [0.05, 0.1) is 11.1 Å². The minimum atomic E-state index is 0.209. The summed E-state index contributed by atoms with van der Waals surface area (Å²) in [6.45, 7) is 3.98. The van der Waals surface area contributed by atoms with Crippen molar-refractivity contribution in [3.8, 4) is 0 Å². The molecular formula is C22H29N3O. The van der Waals surface area contributed by atoms with Crippen molar-refractivity contribution >= 4 is 16.8 Å². The summed E-state index contributed by atoms with van der Waals surface area (Å²) in [5.74, 6) is 0.827. The highest BCUT2D eigenvalue weighted by atomic mass is 16.2. The number of carbonyl (C=O) groups is 1. The summed E-state index contributed by atoms with van der Waals surface area (Å²) in [5.41, 5.74) is 4.24. The topological polar surface area (TPSA) is 36.4 Å². The Hall–Kier alpha value is -1.94. The number of fused-ring (bicyclic) bond motifs is 2. The zero-order valence-corrected chi connectivity index (χ0v) is 16.2. The highest BCUT2D eigenvalue weighted by molar-refractivity contribution is 6.07. The van der Waals surface area contributed by atoms with E-state index in [1.807, 2.05) is 18.2 Å². The van der Waals surface area contributed by atoms with Gasteiger partial charge in [0.25, 0.3) is 5.91 Å². The van der Waals surface area contributed by atoms with Crippen molar-refractivity contribution in [1.82, 2.24) is 14.8 Å². The van der Waals surface area contributed by atoms with Crippen LogP contribution in [0.25, 0.3) is 10.9 Å². The standard InChI is InChI=1S/C22H29N3O/c1-15-10-11-20-18(13-15)21(17-8-4-5-9-19(17)23-20)22(26)25-12-6-7-16(14-25)24(2)3/h4-5,8-9,15-16H,6-7,10-14H2,1-3H3. The normalized spacial score (nSPS) is 23.3. The van der Waals surface area contributed by atoms with E-state index in [0.717, 1.165) is 54.5 Å². The molecule has 2 aliphatic rings. The predicted octanol–water partition coefficient (Wildman–Crippen LogP) is 3.53. The molecule has 0 radical (unpaired) electrons. The SMILES string of the molecule is CC1CCc2nc3ccccc3c(C(=O)N3CCCC(N(C)C)C3)c2C1. The summed E-state index contributed by atoms with van der Waals surface area (Å²) in [4.78, 5) is 22.9. The third-order valence-electron chi connectivity index (χ3n) is 6.13. The van der Waals surface area contributed by atoms with Crippen LogP contribution in [0.2, 0.25) is 0 Å². The molecule has 0 spiro atoms. The van der Waals surface area contributed by atoms with Crippen molar-refractivity contribution in [3.05, 3.63) is 41.1 Å². The molecule has 1 amide bonds. The number of pyridine rings is 1. The molecule has 4 heteroatoms. The first-order valence-corrected chi connectivity index (χ1v) is 9.90. The Bertz CT molecular complexity index is 829. The van der Waals surface area contributed by atoms with Gasteiger partial charge in [0.2, 0.25) is 0 Å². The third kappa shape index (κ3) is 3.11. The second-order valence-corrected chi connectivity index (χ2v) is 8.29. The van der Waals surface area contributed by atoms with Crippen LogP contribution < -0.4 is 0 Å². The van der Waals surface area contributed by atoms with Crippen LogP contribution in [0.15, 0.2) is 24.3 Å². The van der Waals surface area contributed by atoms with Gasteiger partial charge >= 0.3 is 0 Å². The molecule has 26 heavy (non-hydrogen) atoms. The van der Waals surface area contributed by atoms with Gasteiger partial charge < -0.3 is 9.80 Å². The first-order valence-electron chi connectivity index (χ1n) is 9.90. The first-order chi connectivity index (χ1) is 12.5. The van der Waals surface area contributed by atoms with Crippen molar-refractivity contribution in [3.63, 3.8) is 0 Å². The minimum absolute atomic E-state index is 0.209. The van der Waals surface area contributed by atoms with Gasteiger partial charge in [-0.25, -0.2) is 0 Å². The zero-order valence-electron chi connectivity index (χ0n) is 16.2. The summed E-state index contributed by atoms with van der Waals surface area (Å²) < 4.78 is 0. The average molecular weight is 351 g/mol. The van der Waals surface area contributed by atoms with E-state index in [2.05, 4.69) is 36.9 Å². The second-order valence-electron chi connectivity index (χ2n) is 8.29. The number of aryl methyl sites for hydroxylation is 1. The van der Waals surface area contributed by atoms with Gasteiger partial charge in [0.15, 0.2) is 0 Å². The van der Waals surface area contributed by atoms with Crippen LogP contribution in [0.1, 0.15) is 47.8 Å². The lowest BCUT2D eigenvalue weighted by Gasteiger charge is -2.37. The Morgan fingerprint density at radius 2 is 2.04 bits per heavy atom. The van der Waals surface area contributed by atoms with Crippen LogP contribution in [-0.2, 0) is 12.8 Å². The monoisotopic (exact) mass is 351 g/mol. The lowest BCUT2D eigenvalue weighted by molar-refractivity contribution is 0.0635. The Balaban J connectivity index is 1.79. The van der Waals surface area contributed by atoms with Crippen LogP contribution in [0, 0.1) is 5.92 Å². The number of amides is 1. The summed E-state index contributed by atoms with van der Waals surface area (Å²) in [5, 5.41) is 1.03. The van der Waals surface area contributed by atoms with Gasteiger partial charge in [-0.2, -0.15) is 0 Å². The van der Waals surface area contributed by atoms with Crippen molar-refractivity contribution < 1.29 is 4.79 Å². The fourth-order valence-corrected chi connectivity index (χ4v) is 4.53. The molecule has 4 nitrogen and oxygen atoms in total. The van der Waals surface area contributed by atoms with E-state index in [0.29, 0.717) is 12.0 Å². The maximum Gasteiger partial charge on any atom is 0.254 e. The molecule has 1 aliphatic carbocycles. The van der Waals surface area contributed by atoms with E-state index in [1.54, 1.807) is 0 Å². The molecule has 0 bridgehead atoms. The maximum absolute atomic E-state index is 13.6. The van der Waals surface area contributed by atoms with E-state index in [4.69, 9.17) is 4.98 Å². The van der Waals surface area contributed by atoms with Gasteiger partial charge in [-0.15, -0.1) is 0 Å². The number of aromatic nitrogens is 1. The minimum Gasteiger partial charge on any atom is -0.337 e. The predicted molar refractivity (Wildman–Crippen MR) is 106 cm³/mol. The quantitative estimate of drug-likeness (QED) is 0.830. The molecule has 1 fully saturated rings. The fraction of sp³-hybridized carbons (Fsp3) is 0.545. The number of benzene rings is 1. The lowest BCUT2D eigenvalue weighted by atomic mass is 9.83. The van der Waals surface area contributed by atoms with Crippen molar-refractivity contribution in [2.45, 2.75) is 45.1 Å². The number of carbonyl (C=O) groups excluding carboxylic acids is 1. The molecule has 2 aromatic rings. The number of likely N-dealkylation sites (N-methyl/N-ethyl adjacent to an activating group) is 1. The number of likely N-dealkylation sites (tertiary alicyclic amines) is 1. The van der Waals surface area contributed by atoms with Gasteiger partial charge in [-0.3, -0.25) is 9.78 Å². The number of hydrogen-bond acceptors (Lipinski definition) is 3. The maximum atomic E-state index is 13.6. The van der Waals surface area contributed by atoms with E-state index < -0.39 is 0 Å². The summed E-state index contributed by atoms with van der Waals surface area (Å²) in [6.07, 6.45) is 5.37. The molecule has 1 aliphatic heterocycles. The molecule has 0 saturated carbocycles. The Morgan fingerprint density at radius 1 is 1.23 bits per heavy atom. The number of piperidine rings is 1. The fourth-order valence-electron chi connectivity index (χ4n) is 4.53. The Morgan fingerprint density at radius 3 is 2.85 bits per heavy atom. The van der Waals surface area contributed by atoms with Crippen LogP contribution in [0.5, 0.6) is 0 Å². The molecule has 2 heterocycles. The van der Waals surface area contributed by atoms with Crippen LogP contribution in [0.4, 0.5) is 0 Å². The number of para-hydroxylation sites is 1. The van der Waals surface area contributed by atoms with E-state index in [-0.39, 0.29) is 5.91 Å². The zero-order chi connectivity index (χ0) is 18.3. The highest BCUT2D eigenvalue weighted by Gasteiger charge is 2.30. The second kappa shape index (κ2) is 6.99. The number of hydrogen-bond donors (Lipinski definition) is 0. The van der Waals surface area contributed by atoms with Crippen LogP contribution in [-0.4, -0.2) is 53.9 Å². The largest absolute Gasteiger partial charge is 0.337 e. The van der Waals surface area contributed by atoms with Gasteiger partial charge in [0.1, 0.15) is 0 Å². The third-order valence-corrected chi connectivity index (χ3v) is 6.13. The molecule has 1 aromatic carbocycles. The van der Waals surface area contributed by atoms with Gasteiger partial charge in [-0.05, 0) is 63.7 Å². The van der Waals surface area contributed by atoms with Crippen molar-refractivity contribution in [1.29, 1.82) is 0 Å². The Labute approximate surface area is 156 Å². The smallest absolute Gasteiger partial charge is 0.254 e. The first kappa shape index (κ1) is 17.5. The molecule has 2 atom stereocenters. The van der Waals surface area contributed by atoms with E-state index in [1.165, 1.54) is 18.4 Å². The van der Waals surface area contributed by atoms with Gasteiger partial charge in [-0.1, -0.05) is 25.1 Å². The van der Waals surface area contributed by atoms with Crippen LogP contribution in [0.3, 0.4) is 0 Å². The van der Waals surface area contributed by atoms with Gasteiger partial charge in [0, 0.05) is 30.2 Å². The summed E-state index contributed by atoms with van der Waals surface area (Å²) in [7, 11) is 4.23. The van der Waals surface area contributed by atoms with E-state index in [9.17, 15) is 4.79 Å². The number of nitrogens with zero attached hydrogens (tertiary/aromatic N) is 3. The Kier molecular flexibility index (Phi) is 4.70. The lowest BCUT2D eigenvalue weighted by Crippen LogP contribution is -2.47. The average Bonchev–Trinajstić information content (AvgIpc) is 2.66. The molecular weight excluding hydrogens is 322 g/mol. The summed E-state index contributed by atoms with van der Waals surface area (Å²) >= 11 is 0. The summed E-state index contributed by atoms with van der Waals surface area (Å²) in [6, 6.07) is 8.62. The molecule has 2 unspecified atom stereocenters. The highest BCUT2D eigenvalue weighted by Crippen LogP contribution is 2.33. The number of rotatable bonds is 2. The molecule has 4 rings (SSSR count). The van der Waals surface area contributed by atoms with Crippen LogP contribution >= 0.6 is 0 Å². The van der Waals surface area contributed by atoms with Crippen molar-refractivity contribution in [2.24, 2.45) is 5.92 Å². The molecule has 0 N–H and O–H groups in total. The molecule has 1 saturated heterocycles. The van der Waals surface area contributed by atoms with E-state index >= 15 is 0 Å². The molecule has 138 valence electrons. The van der Waals surface area contributed by atoms with Crippen molar-refractivity contribution in [2.75, 3.05) is 27.2 Å².